The Kier molecular flexibility index (Phi) is 8.77. The van der Waals surface area contributed by atoms with Crippen LogP contribution in [0.5, 0.6) is 0 Å². The molecule has 2 rings (SSSR count). The standard InChI is InChI=1S/C25H35NO5/c1-17(20-14-10-7-11-15-20)26(16-19-12-8-6-9-13-19)21(22(28)18(2)27)23(29)24(30)31-25(3,4)5/h6-15,17-18,21-23,27-29H,16H2,1-5H3/t17-,18-,21-,22+,23+/m1/s1. The van der Waals surface area contributed by atoms with Gasteiger partial charge in [0.15, 0.2) is 6.10 Å². The summed E-state index contributed by atoms with van der Waals surface area (Å²) in [7, 11) is 0. The van der Waals surface area contributed by atoms with Gasteiger partial charge in [-0.15, -0.1) is 0 Å². The average molecular weight is 430 g/mol. The van der Waals surface area contributed by atoms with E-state index in [-0.39, 0.29) is 6.04 Å². The Labute approximate surface area is 185 Å². The average Bonchev–Trinajstić information content (AvgIpc) is 2.72. The van der Waals surface area contributed by atoms with Gasteiger partial charge in [0, 0.05) is 12.6 Å². The fraction of sp³-hybridized carbons (Fsp3) is 0.480. The van der Waals surface area contributed by atoms with Crippen molar-refractivity contribution in [3.63, 3.8) is 0 Å². The lowest BCUT2D eigenvalue weighted by Gasteiger charge is -2.42. The predicted molar refractivity (Wildman–Crippen MR) is 120 cm³/mol. The molecule has 170 valence electrons. The van der Waals surface area contributed by atoms with Crippen LogP contribution in [0.15, 0.2) is 60.7 Å². The first-order chi connectivity index (χ1) is 14.5. The van der Waals surface area contributed by atoms with Crippen molar-refractivity contribution in [1.29, 1.82) is 0 Å². The van der Waals surface area contributed by atoms with E-state index in [2.05, 4.69) is 0 Å². The van der Waals surface area contributed by atoms with Crippen molar-refractivity contribution in [2.24, 2.45) is 0 Å². The van der Waals surface area contributed by atoms with Crippen molar-refractivity contribution in [3.8, 4) is 0 Å². The second-order valence-corrected chi connectivity index (χ2v) is 8.94. The highest BCUT2D eigenvalue weighted by molar-refractivity contribution is 5.76. The highest BCUT2D eigenvalue weighted by atomic mass is 16.6. The van der Waals surface area contributed by atoms with Crippen LogP contribution in [-0.4, -0.2) is 56.1 Å². The maximum atomic E-state index is 12.8. The van der Waals surface area contributed by atoms with Crippen LogP contribution in [0.1, 0.15) is 51.8 Å². The minimum Gasteiger partial charge on any atom is -0.458 e. The van der Waals surface area contributed by atoms with Crippen LogP contribution in [-0.2, 0) is 16.1 Å². The predicted octanol–water partition coefficient (Wildman–Crippen LogP) is 3.06. The maximum Gasteiger partial charge on any atom is 0.337 e. The highest BCUT2D eigenvalue weighted by Crippen LogP contribution is 2.29. The molecule has 0 saturated carbocycles. The van der Waals surface area contributed by atoms with Gasteiger partial charge in [-0.1, -0.05) is 60.7 Å². The van der Waals surface area contributed by atoms with Crippen LogP contribution < -0.4 is 0 Å². The molecule has 0 spiro atoms. The lowest BCUT2D eigenvalue weighted by atomic mass is 9.94. The van der Waals surface area contributed by atoms with E-state index in [1.54, 1.807) is 20.8 Å². The third-order valence-electron chi connectivity index (χ3n) is 5.19. The number of nitrogens with zero attached hydrogens (tertiary/aromatic N) is 1. The van der Waals surface area contributed by atoms with Crippen LogP contribution >= 0.6 is 0 Å². The second-order valence-electron chi connectivity index (χ2n) is 8.94. The molecule has 3 N–H and O–H groups in total. The number of aliphatic hydroxyl groups excluding tert-OH is 3. The molecule has 2 aromatic rings. The van der Waals surface area contributed by atoms with Crippen molar-refractivity contribution >= 4 is 5.97 Å². The quantitative estimate of drug-likeness (QED) is 0.531. The molecule has 0 fully saturated rings. The Bertz CT molecular complexity index is 804. The molecule has 0 heterocycles. The van der Waals surface area contributed by atoms with Crippen LogP contribution in [0, 0.1) is 0 Å². The molecule has 0 aliphatic carbocycles. The highest BCUT2D eigenvalue weighted by Gasteiger charge is 2.42. The van der Waals surface area contributed by atoms with Crippen molar-refractivity contribution in [3.05, 3.63) is 71.8 Å². The van der Waals surface area contributed by atoms with E-state index >= 15 is 0 Å². The van der Waals surface area contributed by atoms with Crippen molar-refractivity contribution in [2.45, 2.75) is 77.2 Å². The lowest BCUT2D eigenvalue weighted by molar-refractivity contribution is -0.176. The van der Waals surface area contributed by atoms with Gasteiger partial charge >= 0.3 is 5.97 Å². The number of rotatable bonds is 9. The van der Waals surface area contributed by atoms with Crippen molar-refractivity contribution < 1.29 is 24.9 Å². The Hall–Kier alpha value is -2.25. The molecule has 6 heteroatoms. The molecule has 31 heavy (non-hydrogen) atoms. The number of ether oxygens (including phenoxy) is 1. The summed E-state index contributed by atoms with van der Waals surface area (Å²) in [5.74, 6) is -0.837. The second kappa shape index (κ2) is 10.9. The number of hydrogen-bond donors (Lipinski definition) is 3. The Morgan fingerprint density at radius 1 is 0.935 bits per heavy atom. The van der Waals surface area contributed by atoms with Gasteiger partial charge in [0.05, 0.1) is 18.2 Å². The van der Waals surface area contributed by atoms with E-state index in [1.807, 2.05) is 72.5 Å². The Morgan fingerprint density at radius 3 is 1.94 bits per heavy atom. The third kappa shape index (κ3) is 7.14. The zero-order valence-corrected chi connectivity index (χ0v) is 19.0. The first-order valence-corrected chi connectivity index (χ1v) is 10.6. The van der Waals surface area contributed by atoms with E-state index < -0.39 is 35.9 Å². The number of carbonyl (C=O) groups is 1. The van der Waals surface area contributed by atoms with Crippen molar-refractivity contribution in [1.82, 2.24) is 4.90 Å². The Morgan fingerprint density at radius 2 is 1.45 bits per heavy atom. The molecule has 0 unspecified atom stereocenters. The first-order valence-electron chi connectivity index (χ1n) is 10.6. The largest absolute Gasteiger partial charge is 0.458 e. The smallest absolute Gasteiger partial charge is 0.337 e. The fourth-order valence-electron chi connectivity index (χ4n) is 3.57. The van der Waals surface area contributed by atoms with Crippen LogP contribution in [0.2, 0.25) is 0 Å². The first kappa shape index (κ1) is 25.0. The van der Waals surface area contributed by atoms with Gasteiger partial charge in [-0.2, -0.15) is 0 Å². The molecule has 0 aliphatic rings. The Balaban J connectivity index is 2.49. The fourth-order valence-corrected chi connectivity index (χ4v) is 3.57. The number of carbonyl (C=O) groups excluding carboxylic acids is 1. The summed E-state index contributed by atoms with van der Waals surface area (Å²) in [6, 6.07) is 17.9. The molecule has 0 radical (unpaired) electrons. The molecule has 2 aromatic carbocycles. The summed E-state index contributed by atoms with van der Waals surface area (Å²) in [6.07, 6.45) is -4.19. The number of benzene rings is 2. The van der Waals surface area contributed by atoms with Gasteiger partial charge in [0.25, 0.3) is 0 Å². The van der Waals surface area contributed by atoms with Crippen LogP contribution in [0.25, 0.3) is 0 Å². The summed E-state index contributed by atoms with van der Waals surface area (Å²) in [4.78, 5) is 14.6. The van der Waals surface area contributed by atoms with Gasteiger partial charge in [-0.25, -0.2) is 4.79 Å². The van der Waals surface area contributed by atoms with Gasteiger partial charge in [-0.05, 0) is 45.7 Å². The minimum absolute atomic E-state index is 0.267. The summed E-state index contributed by atoms with van der Waals surface area (Å²) in [5.41, 5.74) is 1.11. The summed E-state index contributed by atoms with van der Waals surface area (Å²) >= 11 is 0. The number of aliphatic hydroxyl groups is 3. The molecule has 0 aromatic heterocycles. The van der Waals surface area contributed by atoms with Crippen LogP contribution in [0.4, 0.5) is 0 Å². The van der Waals surface area contributed by atoms with Gasteiger partial charge in [-0.3, -0.25) is 4.90 Å². The van der Waals surface area contributed by atoms with E-state index in [4.69, 9.17) is 4.74 Å². The third-order valence-corrected chi connectivity index (χ3v) is 5.19. The zero-order chi connectivity index (χ0) is 23.2. The number of hydrogen-bond acceptors (Lipinski definition) is 6. The van der Waals surface area contributed by atoms with E-state index in [9.17, 15) is 20.1 Å². The molecule has 6 nitrogen and oxygen atoms in total. The van der Waals surface area contributed by atoms with Crippen molar-refractivity contribution in [2.75, 3.05) is 0 Å². The number of esters is 1. The normalized spacial score (nSPS) is 16.9. The molecule has 5 atom stereocenters. The molecular weight excluding hydrogens is 394 g/mol. The molecule has 0 saturated heterocycles. The molecular formula is C25H35NO5. The SMILES string of the molecule is C[C@H](c1ccccc1)N(Cc1ccccc1)[C@H]([C@@H](O)[C@@H](C)O)[C@H](O)C(=O)OC(C)(C)C. The molecule has 0 bridgehead atoms. The van der Waals surface area contributed by atoms with E-state index in [1.165, 1.54) is 6.92 Å². The van der Waals surface area contributed by atoms with Crippen LogP contribution in [0.3, 0.4) is 0 Å². The summed E-state index contributed by atoms with van der Waals surface area (Å²) in [5, 5.41) is 32.1. The van der Waals surface area contributed by atoms with Gasteiger partial charge in [0.1, 0.15) is 5.60 Å². The molecule has 0 aliphatic heterocycles. The van der Waals surface area contributed by atoms with Gasteiger partial charge < -0.3 is 20.1 Å². The summed E-state index contributed by atoms with van der Waals surface area (Å²) in [6.45, 7) is 8.88. The monoisotopic (exact) mass is 429 g/mol. The lowest BCUT2D eigenvalue weighted by Crippen LogP contribution is -2.57. The van der Waals surface area contributed by atoms with E-state index in [0.29, 0.717) is 6.54 Å². The summed E-state index contributed by atoms with van der Waals surface area (Å²) < 4.78 is 5.39. The maximum absolute atomic E-state index is 12.8. The zero-order valence-electron chi connectivity index (χ0n) is 19.0. The topological polar surface area (TPSA) is 90.2 Å². The van der Waals surface area contributed by atoms with Gasteiger partial charge in [0.2, 0.25) is 0 Å². The molecule has 0 amide bonds. The minimum atomic E-state index is -1.65. The van der Waals surface area contributed by atoms with E-state index in [0.717, 1.165) is 11.1 Å².